The largest absolute Gasteiger partial charge is 0.491 e. The fraction of sp³-hybridized carbons (Fsp3) is 0.462. The predicted octanol–water partition coefficient (Wildman–Crippen LogP) is 4.97. The third-order valence-electron chi connectivity index (χ3n) is 6.00. The Morgan fingerprint density at radius 2 is 2.08 bits per heavy atom. The van der Waals surface area contributed by atoms with E-state index in [0.29, 0.717) is 56.2 Å². The molecule has 1 aromatic carbocycles. The summed E-state index contributed by atoms with van der Waals surface area (Å²) in [5.74, 6) is 0.624. The summed E-state index contributed by atoms with van der Waals surface area (Å²) in [6, 6.07) is 6.13. The predicted molar refractivity (Wildman–Crippen MR) is 139 cm³/mol. The van der Waals surface area contributed by atoms with Gasteiger partial charge in [0.15, 0.2) is 5.82 Å². The minimum Gasteiger partial charge on any atom is -0.491 e. The van der Waals surface area contributed by atoms with Gasteiger partial charge in [-0.1, -0.05) is 11.6 Å². The number of anilines is 2. The number of likely N-dealkylation sites (tertiary alicyclic amines) is 1. The summed E-state index contributed by atoms with van der Waals surface area (Å²) in [7, 11) is 0. The average molecular weight is 546 g/mol. The lowest BCUT2D eigenvalue weighted by Gasteiger charge is -2.26. The summed E-state index contributed by atoms with van der Waals surface area (Å²) in [5.41, 5.74) is 0.492. The van der Waals surface area contributed by atoms with Crippen LogP contribution in [0.15, 0.2) is 30.6 Å². The molecular weight excluding hydrogens is 517 g/mol. The van der Waals surface area contributed by atoms with E-state index in [1.54, 1.807) is 17.0 Å². The summed E-state index contributed by atoms with van der Waals surface area (Å²) in [6.07, 6.45) is 1.38. The zero-order chi connectivity index (χ0) is 26.9. The van der Waals surface area contributed by atoms with E-state index in [9.17, 15) is 9.18 Å². The highest BCUT2D eigenvalue weighted by atomic mass is 35.5. The van der Waals surface area contributed by atoms with Gasteiger partial charge in [0.25, 0.3) is 0 Å². The molecule has 0 spiro atoms. The Hall–Kier alpha value is -3.44. The van der Waals surface area contributed by atoms with Crippen LogP contribution < -0.4 is 14.8 Å². The summed E-state index contributed by atoms with van der Waals surface area (Å²) >= 11 is 6.35. The summed E-state index contributed by atoms with van der Waals surface area (Å²) in [6.45, 7) is 8.06. The van der Waals surface area contributed by atoms with Crippen LogP contribution in [0.5, 0.6) is 11.6 Å². The van der Waals surface area contributed by atoms with E-state index in [4.69, 9.17) is 30.5 Å². The van der Waals surface area contributed by atoms with E-state index in [-0.39, 0.29) is 40.4 Å². The fourth-order valence-corrected chi connectivity index (χ4v) is 4.24. The Morgan fingerprint density at radius 1 is 1.26 bits per heavy atom. The van der Waals surface area contributed by atoms with Crippen molar-refractivity contribution in [1.29, 1.82) is 0 Å². The summed E-state index contributed by atoms with van der Waals surface area (Å²) in [4.78, 5) is 27.0. The van der Waals surface area contributed by atoms with Crippen molar-refractivity contribution in [2.45, 2.75) is 38.9 Å². The molecule has 0 aliphatic carbocycles. The molecule has 1 atom stereocenters. The fourth-order valence-electron chi connectivity index (χ4n) is 4.02. The molecular formula is C26H29ClFN5O5. The van der Waals surface area contributed by atoms with Gasteiger partial charge in [0.2, 0.25) is 5.88 Å². The Balaban J connectivity index is 1.29. The highest BCUT2D eigenvalue weighted by Crippen LogP contribution is 2.33. The van der Waals surface area contributed by atoms with Gasteiger partial charge in [-0.05, 0) is 32.9 Å². The number of ether oxygens (including phenoxy) is 4. The highest BCUT2D eigenvalue weighted by molar-refractivity contribution is 6.32. The third kappa shape index (κ3) is 6.16. The molecule has 0 radical (unpaired) electrons. The topological polar surface area (TPSA) is 108 Å². The number of carbonyl (C=O) groups is 1. The molecule has 2 aliphatic heterocycles. The zero-order valence-electron chi connectivity index (χ0n) is 21.4. The van der Waals surface area contributed by atoms with Gasteiger partial charge < -0.3 is 29.2 Å². The van der Waals surface area contributed by atoms with Crippen LogP contribution in [0.4, 0.5) is 20.7 Å². The van der Waals surface area contributed by atoms with Gasteiger partial charge in [-0.2, -0.15) is 0 Å². The number of carbonyl (C=O) groups excluding carboxylic acids is 1. The standard InChI is InChI=1S/C26H29ClFN5O5/c1-26(2,3)38-25(34)33-7-6-16(10-33)37-22-5-4-19-23(32-22)24(30-14-29-19)31-20-8-17(27)21(9-18(20)28)36-13-15-11-35-12-15/h4-5,8-9,14-16H,6-7,10-13H2,1-3H3,(H,29,30,31)/t16-/m0/s1. The second kappa shape index (κ2) is 10.7. The lowest BCUT2D eigenvalue weighted by molar-refractivity contribution is -0.0508. The maximum absolute atomic E-state index is 14.9. The third-order valence-corrected chi connectivity index (χ3v) is 6.29. The van der Waals surface area contributed by atoms with Gasteiger partial charge in [0.05, 0.1) is 42.6 Å². The average Bonchev–Trinajstić information content (AvgIpc) is 3.29. The molecule has 5 rings (SSSR count). The van der Waals surface area contributed by atoms with Crippen LogP contribution in [0.3, 0.4) is 0 Å². The van der Waals surface area contributed by atoms with Crippen molar-refractivity contribution in [3.05, 3.63) is 41.4 Å². The first-order valence-electron chi connectivity index (χ1n) is 12.4. The Morgan fingerprint density at radius 3 is 2.82 bits per heavy atom. The molecule has 0 bridgehead atoms. The van der Waals surface area contributed by atoms with Crippen molar-refractivity contribution in [2.24, 2.45) is 5.92 Å². The summed E-state index contributed by atoms with van der Waals surface area (Å²) < 4.78 is 37.2. The Labute approximate surface area is 224 Å². The lowest BCUT2D eigenvalue weighted by atomic mass is 10.1. The van der Waals surface area contributed by atoms with Crippen molar-refractivity contribution >= 4 is 40.2 Å². The number of fused-ring (bicyclic) bond motifs is 1. The SMILES string of the molecule is CC(C)(C)OC(=O)N1CC[C@H](Oc2ccc3ncnc(Nc4cc(Cl)c(OCC5COC5)cc4F)c3n2)C1. The molecule has 3 aromatic rings. The van der Waals surface area contributed by atoms with Crippen molar-refractivity contribution in [3.63, 3.8) is 0 Å². The van der Waals surface area contributed by atoms with Crippen molar-refractivity contribution in [3.8, 4) is 11.6 Å². The molecule has 202 valence electrons. The van der Waals surface area contributed by atoms with E-state index < -0.39 is 11.4 Å². The van der Waals surface area contributed by atoms with Crippen LogP contribution in [0.2, 0.25) is 5.02 Å². The van der Waals surface area contributed by atoms with Crippen LogP contribution in [0.1, 0.15) is 27.2 Å². The molecule has 0 unspecified atom stereocenters. The van der Waals surface area contributed by atoms with Gasteiger partial charge in [-0.25, -0.2) is 24.1 Å². The van der Waals surface area contributed by atoms with Gasteiger partial charge in [0, 0.05) is 31.0 Å². The minimum absolute atomic E-state index is 0.117. The molecule has 4 heterocycles. The van der Waals surface area contributed by atoms with Crippen molar-refractivity contribution in [1.82, 2.24) is 19.9 Å². The maximum Gasteiger partial charge on any atom is 0.410 e. The smallest absolute Gasteiger partial charge is 0.410 e. The van der Waals surface area contributed by atoms with E-state index in [2.05, 4.69) is 20.3 Å². The number of aromatic nitrogens is 3. The molecule has 2 saturated heterocycles. The van der Waals surface area contributed by atoms with Gasteiger partial charge >= 0.3 is 6.09 Å². The maximum atomic E-state index is 14.9. The molecule has 0 saturated carbocycles. The molecule has 12 heteroatoms. The molecule has 1 amide bonds. The van der Waals surface area contributed by atoms with Crippen LogP contribution in [0.25, 0.3) is 11.0 Å². The molecule has 10 nitrogen and oxygen atoms in total. The normalized spacial score (nSPS) is 17.8. The molecule has 2 fully saturated rings. The second-order valence-electron chi connectivity index (χ2n) is 10.3. The number of benzene rings is 1. The lowest BCUT2D eigenvalue weighted by Crippen LogP contribution is -2.36. The quantitative estimate of drug-likeness (QED) is 0.440. The minimum atomic E-state index is -0.568. The van der Waals surface area contributed by atoms with Crippen LogP contribution in [0, 0.1) is 11.7 Å². The Kier molecular flexibility index (Phi) is 7.40. The van der Waals surface area contributed by atoms with E-state index in [1.807, 2.05) is 20.8 Å². The number of pyridine rings is 1. The van der Waals surface area contributed by atoms with Gasteiger partial charge in [-0.3, -0.25) is 0 Å². The second-order valence-corrected chi connectivity index (χ2v) is 10.7. The van der Waals surface area contributed by atoms with E-state index in [1.165, 1.54) is 18.5 Å². The number of amides is 1. The molecule has 2 aliphatic rings. The molecule has 1 N–H and O–H groups in total. The monoisotopic (exact) mass is 545 g/mol. The van der Waals surface area contributed by atoms with Gasteiger partial charge in [-0.15, -0.1) is 0 Å². The van der Waals surface area contributed by atoms with E-state index in [0.717, 1.165) is 0 Å². The van der Waals surface area contributed by atoms with E-state index >= 15 is 0 Å². The van der Waals surface area contributed by atoms with Gasteiger partial charge in [0.1, 0.15) is 35.1 Å². The number of hydrogen-bond donors (Lipinski definition) is 1. The summed E-state index contributed by atoms with van der Waals surface area (Å²) in [5, 5.41) is 3.23. The molecule has 2 aromatic heterocycles. The van der Waals surface area contributed by atoms with Crippen molar-refractivity contribution < 1.29 is 28.1 Å². The Bertz CT molecular complexity index is 1330. The number of nitrogens with zero attached hydrogens (tertiary/aromatic N) is 4. The zero-order valence-corrected chi connectivity index (χ0v) is 22.1. The van der Waals surface area contributed by atoms with Crippen LogP contribution in [-0.4, -0.2) is 70.6 Å². The number of rotatable bonds is 7. The first kappa shape index (κ1) is 26.2. The first-order valence-corrected chi connectivity index (χ1v) is 12.8. The van der Waals surface area contributed by atoms with Crippen LogP contribution >= 0.6 is 11.6 Å². The number of halogens is 2. The first-order chi connectivity index (χ1) is 18.1. The number of nitrogens with one attached hydrogen (secondary N) is 1. The highest BCUT2D eigenvalue weighted by Gasteiger charge is 2.31. The van der Waals surface area contributed by atoms with Crippen LogP contribution in [-0.2, 0) is 9.47 Å². The van der Waals surface area contributed by atoms with Crippen molar-refractivity contribution in [2.75, 3.05) is 38.2 Å². The number of hydrogen-bond acceptors (Lipinski definition) is 9. The molecule has 38 heavy (non-hydrogen) atoms.